The van der Waals surface area contributed by atoms with Crippen molar-refractivity contribution >= 4 is 5.97 Å². The quantitative estimate of drug-likeness (QED) is 0.0537. The zero-order valence-corrected chi connectivity index (χ0v) is 35.1. The number of hydrogen-bond donors (Lipinski definition) is 0. The summed E-state index contributed by atoms with van der Waals surface area (Å²) in [7, 11) is 0. The number of ether oxygens (including phenoxy) is 1. The monoisotopic (exact) mass is 707 g/mol. The molecule has 3 fully saturated rings. The lowest BCUT2D eigenvalue weighted by molar-refractivity contribution is -0.151. The zero-order chi connectivity index (χ0) is 36.5. The van der Waals surface area contributed by atoms with Gasteiger partial charge in [0.1, 0.15) is 6.10 Å². The topological polar surface area (TPSA) is 26.3 Å². The van der Waals surface area contributed by atoms with Gasteiger partial charge < -0.3 is 4.74 Å². The number of carbonyl (C=O) groups is 1. The van der Waals surface area contributed by atoms with E-state index >= 15 is 0 Å². The third kappa shape index (κ3) is 12.8. The molecule has 0 aliphatic heterocycles. The Morgan fingerprint density at radius 1 is 0.745 bits per heavy atom. The van der Waals surface area contributed by atoms with Crippen LogP contribution in [-0.4, -0.2) is 12.1 Å². The minimum absolute atomic E-state index is 0.0619. The van der Waals surface area contributed by atoms with Crippen molar-refractivity contribution in [2.24, 2.45) is 46.3 Å². The molecule has 2 nitrogen and oxygen atoms in total. The van der Waals surface area contributed by atoms with Crippen molar-refractivity contribution in [1.82, 2.24) is 0 Å². The van der Waals surface area contributed by atoms with Crippen molar-refractivity contribution in [2.45, 2.75) is 234 Å². The molecule has 0 unspecified atom stereocenters. The summed E-state index contributed by atoms with van der Waals surface area (Å²) in [6.45, 7) is 15.0. The summed E-state index contributed by atoms with van der Waals surface area (Å²) in [5.41, 5.74) is 2.53. The molecular weight excluding hydrogens is 621 g/mol. The summed E-state index contributed by atoms with van der Waals surface area (Å²) in [5, 5.41) is 0. The number of fused-ring (bicyclic) bond motifs is 5. The highest BCUT2D eigenvalue weighted by Gasteiger charge is 2.59. The van der Waals surface area contributed by atoms with Crippen LogP contribution in [0.2, 0.25) is 0 Å². The van der Waals surface area contributed by atoms with Gasteiger partial charge in [0.2, 0.25) is 0 Å². The maximum Gasteiger partial charge on any atom is 0.306 e. The Morgan fingerprint density at radius 3 is 2.02 bits per heavy atom. The number of unbranched alkanes of at least 4 members (excludes halogenated alkanes) is 15. The maximum atomic E-state index is 12.9. The molecule has 0 amide bonds. The first-order valence-corrected chi connectivity index (χ1v) is 23.2. The molecule has 0 saturated heterocycles. The minimum Gasteiger partial charge on any atom is -0.462 e. The van der Waals surface area contributed by atoms with Gasteiger partial charge in [-0.25, -0.2) is 0 Å². The molecule has 0 radical (unpaired) electrons. The van der Waals surface area contributed by atoms with Gasteiger partial charge in [0, 0.05) is 12.8 Å². The molecule has 4 aliphatic carbocycles. The Balaban J connectivity index is 1.04. The first-order valence-electron chi connectivity index (χ1n) is 23.2. The van der Waals surface area contributed by atoms with Crippen molar-refractivity contribution in [3.05, 3.63) is 23.8 Å². The van der Waals surface area contributed by atoms with Crippen LogP contribution in [0.15, 0.2) is 23.8 Å². The van der Waals surface area contributed by atoms with E-state index in [1.165, 1.54) is 161 Å². The van der Waals surface area contributed by atoms with E-state index in [1.807, 2.05) is 0 Å². The van der Waals surface area contributed by atoms with E-state index in [-0.39, 0.29) is 12.1 Å². The number of allylic oxidation sites excluding steroid dienone is 3. The third-order valence-corrected chi connectivity index (χ3v) is 15.2. The molecule has 0 heterocycles. The largest absolute Gasteiger partial charge is 0.462 e. The molecule has 0 aromatic heterocycles. The fraction of sp³-hybridized carbons (Fsp3) is 0.898. The second-order valence-electron chi connectivity index (χ2n) is 19.4. The fourth-order valence-corrected chi connectivity index (χ4v) is 12.0. The van der Waals surface area contributed by atoms with Crippen LogP contribution >= 0.6 is 0 Å². The summed E-state index contributed by atoms with van der Waals surface area (Å²) < 4.78 is 6.15. The lowest BCUT2D eigenvalue weighted by atomic mass is 9.47. The van der Waals surface area contributed by atoms with Crippen LogP contribution in [0.4, 0.5) is 0 Å². The molecule has 0 bridgehead atoms. The van der Waals surface area contributed by atoms with Gasteiger partial charge in [-0.05, 0) is 123 Å². The SMILES string of the molecule is CCCCCCCC/C=C/CCCCCCCCCCCC(=O)O[C@H]1CC[C@@]2(C)C(=CC[C@H]3[C@@H]4CC[C@H]([C@H](C)CCCC(C)C)[C@@]4(C)CC[C@@H]32)C1. The molecular formula is C49H86O2. The van der Waals surface area contributed by atoms with Crippen LogP contribution in [0, 0.1) is 46.3 Å². The smallest absolute Gasteiger partial charge is 0.306 e. The highest BCUT2D eigenvalue weighted by atomic mass is 16.5. The summed E-state index contributed by atoms with van der Waals surface area (Å²) in [6.07, 6.45) is 45.4. The van der Waals surface area contributed by atoms with Crippen LogP contribution in [-0.2, 0) is 9.53 Å². The van der Waals surface area contributed by atoms with Gasteiger partial charge in [0.25, 0.3) is 0 Å². The van der Waals surface area contributed by atoms with Gasteiger partial charge in [-0.15, -0.1) is 0 Å². The van der Waals surface area contributed by atoms with Crippen LogP contribution in [0.3, 0.4) is 0 Å². The van der Waals surface area contributed by atoms with Crippen molar-refractivity contribution in [1.29, 1.82) is 0 Å². The van der Waals surface area contributed by atoms with Crippen molar-refractivity contribution in [2.75, 3.05) is 0 Å². The second-order valence-corrected chi connectivity index (χ2v) is 19.4. The van der Waals surface area contributed by atoms with Crippen LogP contribution in [0.1, 0.15) is 228 Å². The van der Waals surface area contributed by atoms with E-state index < -0.39 is 0 Å². The third-order valence-electron chi connectivity index (χ3n) is 15.2. The minimum atomic E-state index is 0.0619. The maximum absolute atomic E-state index is 12.9. The molecule has 0 spiro atoms. The van der Waals surface area contributed by atoms with Crippen molar-refractivity contribution in [3.8, 4) is 0 Å². The number of esters is 1. The Labute approximate surface area is 318 Å². The fourth-order valence-electron chi connectivity index (χ4n) is 12.0. The molecule has 0 aromatic carbocycles. The summed E-state index contributed by atoms with van der Waals surface area (Å²) >= 11 is 0. The molecule has 4 rings (SSSR count). The molecule has 2 heteroatoms. The first kappa shape index (κ1) is 42.7. The molecule has 0 N–H and O–H groups in total. The standard InChI is InChI=1S/C49H86O2/c1-7-8-9-10-11-12-13-14-15-16-17-18-19-20-21-22-23-24-25-29-47(50)51-42-34-36-48(5)41(38-42)30-31-43-45-33-32-44(40(4)28-26-27-39(2)3)49(45,6)37-35-46(43)48/h14-15,30,39-40,42-46H,7-13,16-29,31-38H2,1-6H3/b15-14+/t40-,42+,43+,44-,45+,46+,48+,49-/m1/s1. The molecule has 294 valence electrons. The molecule has 4 aliphatic rings. The van der Waals surface area contributed by atoms with Gasteiger partial charge in [0.05, 0.1) is 0 Å². The number of rotatable bonds is 25. The number of hydrogen-bond acceptors (Lipinski definition) is 2. The van der Waals surface area contributed by atoms with Crippen molar-refractivity contribution < 1.29 is 9.53 Å². The Kier molecular flexibility index (Phi) is 18.7. The summed E-state index contributed by atoms with van der Waals surface area (Å²) in [6, 6.07) is 0. The van der Waals surface area contributed by atoms with Gasteiger partial charge >= 0.3 is 5.97 Å². The summed E-state index contributed by atoms with van der Waals surface area (Å²) in [5.74, 6) is 5.32. The van der Waals surface area contributed by atoms with E-state index in [0.29, 0.717) is 17.3 Å². The highest BCUT2D eigenvalue weighted by Crippen LogP contribution is 2.67. The highest BCUT2D eigenvalue weighted by molar-refractivity contribution is 5.69. The molecule has 8 atom stereocenters. The molecule has 0 aromatic rings. The van der Waals surface area contributed by atoms with E-state index in [4.69, 9.17) is 4.74 Å². The van der Waals surface area contributed by atoms with E-state index in [1.54, 1.807) is 5.57 Å². The Morgan fingerprint density at radius 2 is 1.37 bits per heavy atom. The lowest BCUT2D eigenvalue weighted by Gasteiger charge is -2.58. The number of carbonyl (C=O) groups excluding carboxylic acids is 1. The summed E-state index contributed by atoms with van der Waals surface area (Å²) in [4.78, 5) is 12.9. The van der Waals surface area contributed by atoms with E-state index in [0.717, 1.165) is 54.8 Å². The predicted molar refractivity (Wildman–Crippen MR) is 221 cm³/mol. The van der Waals surface area contributed by atoms with Crippen LogP contribution in [0.25, 0.3) is 0 Å². The average Bonchev–Trinajstić information content (AvgIpc) is 3.46. The predicted octanol–water partition coefficient (Wildman–Crippen LogP) is 15.5. The molecule has 3 saturated carbocycles. The lowest BCUT2D eigenvalue weighted by Crippen LogP contribution is -2.51. The van der Waals surface area contributed by atoms with Crippen LogP contribution in [0.5, 0.6) is 0 Å². The Bertz CT molecular complexity index is 1040. The van der Waals surface area contributed by atoms with Crippen LogP contribution < -0.4 is 0 Å². The van der Waals surface area contributed by atoms with Gasteiger partial charge in [0.15, 0.2) is 0 Å². The zero-order valence-electron chi connectivity index (χ0n) is 35.1. The average molecular weight is 707 g/mol. The van der Waals surface area contributed by atoms with Gasteiger partial charge in [-0.2, -0.15) is 0 Å². The van der Waals surface area contributed by atoms with Crippen molar-refractivity contribution in [3.63, 3.8) is 0 Å². The van der Waals surface area contributed by atoms with E-state index in [2.05, 4.69) is 59.8 Å². The normalized spacial score (nSPS) is 31.0. The molecule has 51 heavy (non-hydrogen) atoms. The first-order chi connectivity index (χ1) is 24.7. The van der Waals surface area contributed by atoms with Gasteiger partial charge in [-0.3, -0.25) is 4.79 Å². The van der Waals surface area contributed by atoms with E-state index in [9.17, 15) is 4.79 Å². The Hall–Kier alpha value is -1.05. The van der Waals surface area contributed by atoms with Gasteiger partial charge in [-0.1, -0.05) is 162 Å². The second kappa shape index (κ2) is 22.4.